The predicted molar refractivity (Wildman–Crippen MR) is 143 cm³/mol. The van der Waals surface area contributed by atoms with Gasteiger partial charge in [-0.2, -0.15) is 0 Å². The summed E-state index contributed by atoms with van der Waals surface area (Å²) in [7, 11) is 0. The van der Waals surface area contributed by atoms with Gasteiger partial charge in [-0.3, -0.25) is 0 Å². The molecule has 0 amide bonds. The van der Waals surface area contributed by atoms with Gasteiger partial charge in [0, 0.05) is 23.3 Å². The fourth-order valence-corrected chi connectivity index (χ4v) is 5.10. The van der Waals surface area contributed by atoms with Crippen LogP contribution in [0.3, 0.4) is 0 Å². The fraction of sp³-hybridized carbons (Fsp3) is 0. The standard InChI is InChI=1S/C32H20N2O2/c1-3-7-21(8-4-1)31-25-13-11-23(29-15-17-33-35-29)19-27(25)32(22-9-5-2-6-10-22)28-20-24(12-14-26(28)31)30-16-18-34-36-30/h1-20H. The third-order valence-corrected chi connectivity index (χ3v) is 6.69. The minimum Gasteiger partial charge on any atom is -0.356 e. The van der Waals surface area contributed by atoms with Crippen LogP contribution in [0.25, 0.3) is 66.4 Å². The molecule has 7 rings (SSSR count). The van der Waals surface area contributed by atoms with E-state index in [0.717, 1.165) is 39.0 Å². The lowest BCUT2D eigenvalue weighted by Crippen LogP contribution is -1.92. The highest BCUT2D eigenvalue weighted by molar-refractivity contribution is 6.22. The largest absolute Gasteiger partial charge is 0.356 e. The Morgan fingerprint density at radius 1 is 0.389 bits per heavy atom. The third kappa shape index (κ3) is 3.31. The van der Waals surface area contributed by atoms with Crippen molar-refractivity contribution >= 4 is 21.5 Å². The van der Waals surface area contributed by atoms with Gasteiger partial charge in [-0.15, -0.1) is 0 Å². The smallest absolute Gasteiger partial charge is 0.166 e. The van der Waals surface area contributed by atoms with Crippen LogP contribution < -0.4 is 0 Å². The van der Waals surface area contributed by atoms with Gasteiger partial charge in [-0.05, 0) is 55.9 Å². The first-order valence-corrected chi connectivity index (χ1v) is 11.8. The van der Waals surface area contributed by atoms with E-state index in [-0.39, 0.29) is 0 Å². The van der Waals surface area contributed by atoms with Crippen LogP contribution in [0.4, 0.5) is 0 Å². The maximum atomic E-state index is 5.52. The first kappa shape index (κ1) is 20.4. The zero-order valence-electron chi connectivity index (χ0n) is 19.3. The SMILES string of the molecule is c1ccc(-c2c3ccc(-c4ccno4)cc3c(-c3ccccc3)c3cc(-c4ccno4)ccc23)cc1. The lowest BCUT2D eigenvalue weighted by Gasteiger charge is -2.19. The molecule has 0 radical (unpaired) electrons. The molecule has 4 heteroatoms. The maximum Gasteiger partial charge on any atom is 0.166 e. The summed E-state index contributed by atoms with van der Waals surface area (Å²) in [6.07, 6.45) is 3.36. The van der Waals surface area contributed by atoms with Crippen LogP contribution >= 0.6 is 0 Å². The number of rotatable bonds is 4. The highest BCUT2D eigenvalue weighted by Gasteiger charge is 2.19. The second-order valence-electron chi connectivity index (χ2n) is 8.76. The monoisotopic (exact) mass is 464 g/mol. The van der Waals surface area contributed by atoms with Crippen LogP contribution in [0.15, 0.2) is 131 Å². The summed E-state index contributed by atoms with van der Waals surface area (Å²) < 4.78 is 11.0. The number of fused-ring (bicyclic) bond motifs is 2. The summed E-state index contributed by atoms with van der Waals surface area (Å²) in [4.78, 5) is 0. The summed E-state index contributed by atoms with van der Waals surface area (Å²) in [5.74, 6) is 1.49. The highest BCUT2D eigenvalue weighted by atomic mass is 16.5. The second-order valence-corrected chi connectivity index (χ2v) is 8.76. The molecular formula is C32H20N2O2. The number of hydrogen-bond donors (Lipinski definition) is 0. The first-order chi connectivity index (χ1) is 17.9. The van der Waals surface area contributed by atoms with E-state index >= 15 is 0 Å². The minimum absolute atomic E-state index is 0.743. The van der Waals surface area contributed by atoms with Crippen molar-refractivity contribution in [3.05, 3.63) is 122 Å². The van der Waals surface area contributed by atoms with Gasteiger partial charge in [0.25, 0.3) is 0 Å². The lowest BCUT2D eigenvalue weighted by atomic mass is 9.84. The Morgan fingerprint density at radius 3 is 1.25 bits per heavy atom. The molecule has 4 nitrogen and oxygen atoms in total. The Hall–Kier alpha value is -4.96. The van der Waals surface area contributed by atoms with Crippen molar-refractivity contribution in [2.24, 2.45) is 0 Å². The third-order valence-electron chi connectivity index (χ3n) is 6.69. The molecule has 0 spiro atoms. The van der Waals surface area contributed by atoms with E-state index in [9.17, 15) is 0 Å². The molecule has 0 N–H and O–H groups in total. The van der Waals surface area contributed by atoms with Crippen LogP contribution in [0.5, 0.6) is 0 Å². The molecule has 0 saturated heterocycles. The van der Waals surface area contributed by atoms with Crippen molar-refractivity contribution in [1.29, 1.82) is 0 Å². The maximum absolute atomic E-state index is 5.52. The predicted octanol–water partition coefficient (Wildman–Crippen LogP) is 8.64. The van der Waals surface area contributed by atoms with E-state index in [0.29, 0.717) is 0 Å². The van der Waals surface area contributed by atoms with E-state index in [2.05, 4.69) is 101 Å². The second kappa shape index (κ2) is 8.36. The number of aromatic nitrogens is 2. The van der Waals surface area contributed by atoms with Gasteiger partial charge >= 0.3 is 0 Å². The first-order valence-electron chi connectivity index (χ1n) is 11.8. The Morgan fingerprint density at radius 2 is 0.833 bits per heavy atom. The molecule has 5 aromatic carbocycles. The summed E-state index contributed by atoms with van der Waals surface area (Å²) in [6, 6.07) is 37.9. The quantitative estimate of drug-likeness (QED) is 0.245. The van der Waals surface area contributed by atoms with Gasteiger partial charge < -0.3 is 9.05 Å². The van der Waals surface area contributed by atoms with Crippen molar-refractivity contribution in [3.63, 3.8) is 0 Å². The van der Waals surface area contributed by atoms with E-state index in [1.807, 2.05) is 18.2 Å². The molecular weight excluding hydrogens is 444 g/mol. The van der Waals surface area contributed by atoms with E-state index in [1.54, 1.807) is 12.4 Å². The molecule has 0 saturated carbocycles. The van der Waals surface area contributed by atoms with Crippen LogP contribution in [0.2, 0.25) is 0 Å². The van der Waals surface area contributed by atoms with E-state index < -0.39 is 0 Å². The molecule has 0 unspecified atom stereocenters. The summed E-state index contributed by atoms with van der Waals surface area (Å²) in [6.45, 7) is 0. The van der Waals surface area contributed by atoms with Crippen LogP contribution in [0, 0.1) is 0 Å². The molecule has 36 heavy (non-hydrogen) atoms. The highest BCUT2D eigenvalue weighted by Crippen LogP contribution is 2.45. The summed E-state index contributed by atoms with van der Waals surface area (Å²) >= 11 is 0. The molecule has 0 aliphatic rings. The van der Waals surface area contributed by atoms with Crippen molar-refractivity contribution in [2.45, 2.75) is 0 Å². The van der Waals surface area contributed by atoms with Gasteiger partial charge in [0.1, 0.15) is 0 Å². The average molecular weight is 465 g/mol. The van der Waals surface area contributed by atoms with Gasteiger partial charge in [0.2, 0.25) is 0 Å². The fourth-order valence-electron chi connectivity index (χ4n) is 5.10. The Bertz CT molecular complexity index is 1710. The number of hydrogen-bond acceptors (Lipinski definition) is 4. The van der Waals surface area contributed by atoms with Crippen molar-refractivity contribution in [2.75, 3.05) is 0 Å². The van der Waals surface area contributed by atoms with Crippen molar-refractivity contribution in [1.82, 2.24) is 10.3 Å². The summed E-state index contributed by atoms with van der Waals surface area (Å²) in [5, 5.41) is 12.5. The normalized spacial score (nSPS) is 11.3. The molecule has 7 aromatic rings. The van der Waals surface area contributed by atoms with Crippen LogP contribution in [-0.2, 0) is 0 Å². The Kier molecular flexibility index (Phi) is 4.74. The van der Waals surface area contributed by atoms with E-state index in [1.165, 1.54) is 27.5 Å². The van der Waals surface area contributed by atoms with Gasteiger partial charge in [0.15, 0.2) is 11.5 Å². The zero-order chi connectivity index (χ0) is 23.9. The number of nitrogens with zero attached hydrogens (tertiary/aromatic N) is 2. The molecule has 0 aliphatic carbocycles. The topological polar surface area (TPSA) is 52.1 Å². The molecule has 0 fully saturated rings. The van der Waals surface area contributed by atoms with Gasteiger partial charge in [-0.25, -0.2) is 0 Å². The van der Waals surface area contributed by atoms with Gasteiger partial charge in [0.05, 0.1) is 12.4 Å². The Labute approximate surface area is 207 Å². The van der Waals surface area contributed by atoms with E-state index in [4.69, 9.17) is 9.05 Å². The zero-order valence-corrected chi connectivity index (χ0v) is 19.3. The van der Waals surface area contributed by atoms with Crippen molar-refractivity contribution < 1.29 is 9.05 Å². The molecule has 2 heterocycles. The lowest BCUT2D eigenvalue weighted by molar-refractivity contribution is 0.432. The van der Waals surface area contributed by atoms with Crippen molar-refractivity contribution in [3.8, 4) is 44.9 Å². The van der Waals surface area contributed by atoms with Gasteiger partial charge in [-0.1, -0.05) is 95.2 Å². The summed E-state index contributed by atoms with van der Waals surface area (Å²) in [5.41, 5.74) is 6.67. The molecule has 0 aliphatic heterocycles. The molecule has 0 bridgehead atoms. The van der Waals surface area contributed by atoms with Crippen LogP contribution in [0.1, 0.15) is 0 Å². The molecule has 2 aromatic heterocycles. The molecule has 170 valence electrons. The minimum atomic E-state index is 0.743. The molecule has 0 atom stereocenters. The number of benzene rings is 5. The van der Waals surface area contributed by atoms with Crippen LogP contribution in [-0.4, -0.2) is 10.3 Å². The average Bonchev–Trinajstić information content (AvgIpc) is 3.67. The Balaban J connectivity index is 1.67.